The van der Waals surface area contributed by atoms with Gasteiger partial charge in [0.15, 0.2) is 0 Å². The molecule has 0 spiro atoms. The molecule has 6 heteroatoms. The Morgan fingerprint density at radius 1 is 1.44 bits per heavy atom. The molecule has 0 aliphatic heterocycles. The molecule has 4 nitrogen and oxygen atoms in total. The molecule has 1 aliphatic carbocycles. The van der Waals surface area contributed by atoms with Crippen LogP contribution in [-0.4, -0.2) is 13.7 Å². The van der Waals surface area contributed by atoms with Gasteiger partial charge >= 0.3 is 0 Å². The van der Waals surface area contributed by atoms with Crippen LogP contribution in [0.4, 0.5) is 5.69 Å². The van der Waals surface area contributed by atoms with Crippen LogP contribution in [0.3, 0.4) is 0 Å². The first kappa shape index (κ1) is 11.2. The van der Waals surface area contributed by atoms with E-state index < -0.39 is 10.0 Å². The zero-order valence-corrected chi connectivity index (χ0v) is 9.85. The van der Waals surface area contributed by atoms with E-state index in [0.29, 0.717) is 17.9 Å². The number of hydrogen-bond donors (Lipinski definition) is 1. The molecule has 0 radical (unpaired) electrons. The molecule has 0 atom stereocenters. The first-order valence-corrected chi connectivity index (χ1v) is 6.66. The molecule has 0 aromatic heterocycles. The molecular weight excluding hydrogens is 248 g/mol. The molecule has 2 rings (SSSR count). The summed E-state index contributed by atoms with van der Waals surface area (Å²) in [5, 5.41) is 8.91. The smallest absolute Gasteiger partial charge is 0.235 e. The number of nitrogens with one attached hydrogen (secondary N) is 1. The summed E-state index contributed by atoms with van der Waals surface area (Å²) in [6.07, 6.45) is 1.36. The highest BCUT2D eigenvalue weighted by Gasteiger charge is 2.36. The molecule has 16 heavy (non-hydrogen) atoms. The lowest BCUT2D eigenvalue weighted by Gasteiger charge is -2.08. The minimum Gasteiger partial charge on any atom is -0.282 e. The summed E-state index contributed by atoms with van der Waals surface area (Å²) in [7, 11) is -3.35. The maximum Gasteiger partial charge on any atom is 0.235 e. The van der Waals surface area contributed by atoms with E-state index in [9.17, 15) is 8.42 Å². The number of sulfonamides is 1. The Balaban J connectivity index is 2.34. The SMILES string of the molecule is N#Cc1ccc(Cl)cc1NS(=O)(=O)C1CC1. The molecular formula is C10H9ClN2O2S. The summed E-state index contributed by atoms with van der Waals surface area (Å²) in [5.41, 5.74) is 0.524. The third kappa shape index (κ3) is 2.29. The Kier molecular flexibility index (Phi) is 2.78. The number of anilines is 1. The number of nitrogens with zero attached hydrogens (tertiary/aromatic N) is 1. The molecule has 1 aromatic rings. The average molecular weight is 257 g/mol. The zero-order chi connectivity index (χ0) is 11.8. The van der Waals surface area contributed by atoms with Crippen molar-refractivity contribution in [2.45, 2.75) is 18.1 Å². The van der Waals surface area contributed by atoms with Gasteiger partial charge in [-0.2, -0.15) is 5.26 Å². The molecule has 84 valence electrons. The van der Waals surface area contributed by atoms with Crippen LogP contribution >= 0.6 is 11.6 Å². The Labute approximate surface area is 98.9 Å². The van der Waals surface area contributed by atoms with E-state index in [4.69, 9.17) is 16.9 Å². The largest absolute Gasteiger partial charge is 0.282 e. The van der Waals surface area contributed by atoms with E-state index in [-0.39, 0.29) is 16.5 Å². The number of halogens is 1. The summed E-state index contributed by atoms with van der Waals surface area (Å²) in [6.45, 7) is 0. The fourth-order valence-electron chi connectivity index (χ4n) is 1.31. The zero-order valence-electron chi connectivity index (χ0n) is 8.27. The van der Waals surface area contributed by atoms with Crippen molar-refractivity contribution in [2.24, 2.45) is 0 Å². The molecule has 0 saturated heterocycles. The lowest BCUT2D eigenvalue weighted by atomic mass is 10.2. The lowest BCUT2D eigenvalue weighted by molar-refractivity contribution is 0.600. The number of benzene rings is 1. The van der Waals surface area contributed by atoms with Gasteiger partial charge in [0.2, 0.25) is 10.0 Å². The molecule has 1 aliphatic rings. The van der Waals surface area contributed by atoms with Crippen molar-refractivity contribution < 1.29 is 8.42 Å². The molecule has 1 fully saturated rings. The van der Waals surface area contributed by atoms with Gasteiger partial charge in [-0.25, -0.2) is 8.42 Å². The summed E-state index contributed by atoms with van der Waals surface area (Å²) in [5.74, 6) is 0. The van der Waals surface area contributed by atoms with E-state index >= 15 is 0 Å². The molecule has 0 amide bonds. The van der Waals surface area contributed by atoms with Crippen molar-refractivity contribution in [2.75, 3.05) is 4.72 Å². The minimum atomic E-state index is -3.35. The summed E-state index contributed by atoms with van der Waals surface area (Å²) >= 11 is 5.75. The van der Waals surface area contributed by atoms with Gasteiger partial charge in [-0.05, 0) is 31.0 Å². The standard InChI is InChI=1S/C10H9ClN2O2S/c11-8-2-1-7(6-12)10(5-8)13-16(14,15)9-3-4-9/h1-2,5,9,13H,3-4H2. The minimum absolute atomic E-state index is 0.252. The average Bonchev–Trinajstić information content (AvgIpc) is 3.00. The molecule has 0 bridgehead atoms. The number of rotatable bonds is 3. The van der Waals surface area contributed by atoms with Gasteiger partial charge < -0.3 is 0 Å². The second-order valence-corrected chi connectivity index (χ2v) is 6.05. The van der Waals surface area contributed by atoms with E-state index in [1.807, 2.05) is 6.07 Å². The Morgan fingerprint density at radius 3 is 2.69 bits per heavy atom. The van der Waals surface area contributed by atoms with Crippen LogP contribution in [-0.2, 0) is 10.0 Å². The Bertz CT molecular complexity index is 559. The summed E-state index contributed by atoms with van der Waals surface area (Å²) in [4.78, 5) is 0. The van der Waals surface area contributed by atoms with Crippen LogP contribution in [0.15, 0.2) is 18.2 Å². The predicted molar refractivity (Wildman–Crippen MR) is 61.7 cm³/mol. The third-order valence-corrected chi connectivity index (χ3v) is 4.41. The van der Waals surface area contributed by atoms with Crippen molar-refractivity contribution in [1.82, 2.24) is 0 Å². The van der Waals surface area contributed by atoms with Crippen LogP contribution in [0, 0.1) is 11.3 Å². The molecule has 0 heterocycles. The van der Waals surface area contributed by atoms with Gasteiger partial charge in [0.1, 0.15) is 6.07 Å². The van der Waals surface area contributed by atoms with Gasteiger partial charge in [0, 0.05) is 5.02 Å². The van der Waals surface area contributed by atoms with Gasteiger partial charge in [-0.15, -0.1) is 0 Å². The Hall–Kier alpha value is -1.25. The second kappa shape index (κ2) is 3.96. The summed E-state index contributed by atoms with van der Waals surface area (Å²) in [6, 6.07) is 6.41. The third-order valence-electron chi connectivity index (χ3n) is 2.32. The van der Waals surface area contributed by atoms with Gasteiger partial charge in [-0.1, -0.05) is 11.6 Å². The van der Waals surface area contributed by atoms with Crippen molar-refractivity contribution in [3.63, 3.8) is 0 Å². The van der Waals surface area contributed by atoms with Crippen LogP contribution in [0.2, 0.25) is 5.02 Å². The normalized spacial score (nSPS) is 15.5. The van der Waals surface area contributed by atoms with Crippen molar-refractivity contribution in [3.05, 3.63) is 28.8 Å². The molecule has 1 saturated carbocycles. The molecule has 0 unspecified atom stereocenters. The topological polar surface area (TPSA) is 70.0 Å². The van der Waals surface area contributed by atoms with Gasteiger partial charge in [0.05, 0.1) is 16.5 Å². The fourth-order valence-corrected chi connectivity index (χ4v) is 2.88. The van der Waals surface area contributed by atoms with Gasteiger partial charge in [-0.3, -0.25) is 4.72 Å². The fraction of sp³-hybridized carbons (Fsp3) is 0.300. The van der Waals surface area contributed by atoms with Crippen LogP contribution in [0.25, 0.3) is 0 Å². The quantitative estimate of drug-likeness (QED) is 0.901. The maximum atomic E-state index is 11.7. The highest BCUT2D eigenvalue weighted by atomic mass is 35.5. The van der Waals surface area contributed by atoms with Crippen LogP contribution in [0.5, 0.6) is 0 Å². The molecule has 1 N–H and O–H groups in total. The molecule has 1 aromatic carbocycles. The van der Waals surface area contributed by atoms with E-state index in [1.165, 1.54) is 12.1 Å². The maximum absolute atomic E-state index is 11.7. The highest BCUT2D eigenvalue weighted by molar-refractivity contribution is 7.93. The highest BCUT2D eigenvalue weighted by Crippen LogP contribution is 2.31. The first-order chi connectivity index (χ1) is 7.53. The number of nitriles is 1. The van der Waals surface area contributed by atoms with Gasteiger partial charge in [0.25, 0.3) is 0 Å². The van der Waals surface area contributed by atoms with E-state index in [0.717, 1.165) is 0 Å². The van der Waals surface area contributed by atoms with Crippen LogP contribution < -0.4 is 4.72 Å². The monoisotopic (exact) mass is 256 g/mol. The summed E-state index contributed by atoms with van der Waals surface area (Å²) < 4.78 is 25.8. The van der Waals surface area contributed by atoms with E-state index in [1.54, 1.807) is 6.07 Å². The van der Waals surface area contributed by atoms with Crippen LogP contribution in [0.1, 0.15) is 18.4 Å². The van der Waals surface area contributed by atoms with E-state index in [2.05, 4.69) is 4.72 Å². The lowest BCUT2D eigenvalue weighted by Crippen LogP contribution is -2.18. The van der Waals surface area contributed by atoms with Crippen molar-refractivity contribution in [3.8, 4) is 6.07 Å². The van der Waals surface area contributed by atoms with Crippen molar-refractivity contribution in [1.29, 1.82) is 5.26 Å². The predicted octanol–water partition coefficient (Wildman–Crippen LogP) is 2.12. The number of hydrogen-bond acceptors (Lipinski definition) is 3. The Morgan fingerprint density at radius 2 is 2.12 bits per heavy atom. The van der Waals surface area contributed by atoms with Crippen molar-refractivity contribution >= 4 is 27.3 Å². The second-order valence-electron chi connectivity index (χ2n) is 3.65. The first-order valence-electron chi connectivity index (χ1n) is 4.74.